The number of ether oxygens (including phenoxy) is 1. The maximum atomic E-state index is 5.11. The maximum absolute atomic E-state index is 5.11. The summed E-state index contributed by atoms with van der Waals surface area (Å²) in [5.74, 6) is 0. The Bertz CT molecular complexity index is 190. The van der Waals surface area contributed by atoms with E-state index < -0.39 is 0 Å². The SMILES string of the molecule is COCCCN1CCNC2(CCCC2)C1. The van der Waals surface area contributed by atoms with Gasteiger partial charge in [0.25, 0.3) is 0 Å². The third-order valence-corrected chi connectivity index (χ3v) is 3.84. The van der Waals surface area contributed by atoms with E-state index in [4.69, 9.17) is 4.74 Å². The van der Waals surface area contributed by atoms with E-state index in [0.717, 1.165) is 6.61 Å². The molecule has 1 saturated heterocycles. The van der Waals surface area contributed by atoms with Crippen molar-refractivity contribution < 1.29 is 4.74 Å². The summed E-state index contributed by atoms with van der Waals surface area (Å²) in [6.07, 6.45) is 6.77. The van der Waals surface area contributed by atoms with Crippen LogP contribution in [0.1, 0.15) is 32.1 Å². The summed E-state index contributed by atoms with van der Waals surface area (Å²) >= 11 is 0. The fraction of sp³-hybridized carbons (Fsp3) is 1.00. The normalized spacial score (nSPS) is 26.2. The van der Waals surface area contributed by atoms with E-state index in [1.165, 1.54) is 58.3 Å². The van der Waals surface area contributed by atoms with E-state index in [2.05, 4.69) is 10.2 Å². The van der Waals surface area contributed by atoms with Crippen molar-refractivity contribution in [3.05, 3.63) is 0 Å². The van der Waals surface area contributed by atoms with Crippen molar-refractivity contribution in [1.29, 1.82) is 0 Å². The first kappa shape index (κ1) is 11.4. The topological polar surface area (TPSA) is 24.5 Å². The average molecular weight is 212 g/mol. The molecule has 0 radical (unpaired) electrons. The number of nitrogens with zero attached hydrogens (tertiary/aromatic N) is 1. The van der Waals surface area contributed by atoms with Crippen molar-refractivity contribution in [2.45, 2.75) is 37.6 Å². The van der Waals surface area contributed by atoms with Gasteiger partial charge >= 0.3 is 0 Å². The van der Waals surface area contributed by atoms with Gasteiger partial charge in [-0.2, -0.15) is 0 Å². The van der Waals surface area contributed by atoms with Crippen LogP contribution < -0.4 is 5.32 Å². The average Bonchev–Trinajstić information content (AvgIpc) is 2.67. The number of hydrogen-bond donors (Lipinski definition) is 1. The van der Waals surface area contributed by atoms with Gasteiger partial charge in [0.05, 0.1) is 0 Å². The first-order chi connectivity index (χ1) is 7.35. The van der Waals surface area contributed by atoms with Crippen molar-refractivity contribution in [2.24, 2.45) is 0 Å². The summed E-state index contributed by atoms with van der Waals surface area (Å²) in [6.45, 7) is 5.75. The third kappa shape index (κ3) is 2.92. The Morgan fingerprint density at radius 2 is 2.13 bits per heavy atom. The molecule has 2 fully saturated rings. The second-order valence-electron chi connectivity index (χ2n) is 5.04. The second kappa shape index (κ2) is 5.28. The first-order valence-electron chi connectivity index (χ1n) is 6.31. The molecule has 0 aromatic rings. The van der Waals surface area contributed by atoms with Crippen molar-refractivity contribution >= 4 is 0 Å². The van der Waals surface area contributed by atoms with Crippen LogP contribution in [0.25, 0.3) is 0 Å². The molecule has 0 unspecified atom stereocenters. The van der Waals surface area contributed by atoms with Crippen LogP contribution in [0.2, 0.25) is 0 Å². The van der Waals surface area contributed by atoms with Crippen molar-refractivity contribution in [1.82, 2.24) is 10.2 Å². The summed E-state index contributed by atoms with van der Waals surface area (Å²) < 4.78 is 5.11. The molecule has 0 atom stereocenters. The van der Waals surface area contributed by atoms with E-state index in [9.17, 15) is 0 Å². The van der Waals surface area contributed by atoms with Crippen molar-refractivity contribution in [3.8, 4) is 0 Å². The molecule has 3 heteroatoms. The lowest BCUT2D eigenvalue weighted by molar-refractivity contribution is 0.117. The van der Waals surface area contributed by atoms with Gasteiger partial charge in [-0.05, 0) is 19.3 Å². The van der Waals surface area contributed by atoms with Gasteiger partial charge < -0.3 is 15.0 Å². The molecule has 1 saturated carbocycles. The summed E-state index contributed by atoms with van der Waals surface area (Å²) in [4.78, 5) is 2.61. The van der Waals surface area contributed by atoms with Crippen LogP contribution in [0, 0.1) is 0 Å². The third-order valence-electron chi connectivity index (χ3n) is 3.84. The summed E-state index contributed by atoms with van der Waals surface area (Å²) in [6, 6.07) is 0. The van der Waals surface area contributed by atoms with Crippen LogP contribution in [0.5, 0.6) is 0 Å². The summed E-state index contributed by atoms with van der Waals surface area (Å²) in [5, 5.41) is 3.74. The molecule has 0 aromatic heterocycles. The van der Waals surface area contributed by atoms with Gasteiger partial charge in [-0.15, -0.1) is 0 Å². The van der Waals surface area contributed by atoms with Gasteiger partial charge in [0.1, 0.15) is 0 Å². The van der Waals surface area contributed by atoms with E-state index in [-0.39, 0.29) is 0 Å². The smallest absolute Gasteiger partial charge is 0.0474 e. The van der Waals surface area contributed by atoms with Crippen LogP contribution in [-0.4, -0.2) is 50.3 Å². The zero-order chi connectivity index (χ0) is 10.6. The summed E-state index contributed by atoms with van der Waals surface area (Å²) in [7, 11) is 1.79. The molecule has 2 aliphatic rings. The Morgan fingerprint density at radius 3 is 2.87 bits per heavy atom. The molecular weight excluding hydrogens is 188 g/mol. The quantitative estimate of drug-likeness (QED) is 0.710. The Labute approximate surface area is 93.2 Å². The van der Waals surface area contributed by atoms with Crippen LogP contribution in [-0.2, 0) is 4.74 Å². The molecule has 3 nitrogen and oxygen atoms in total. The predicted octanol–water partition coefficient (Wildman–Crippen LogP) is 1.24. The molecule has 0 bridgehead atoms. The van der Waals surface area contributed by atoms with Crippen LogP contribution in [0.4, 0.5) is 0 Å². The Kier molecular flexibility index (Phi) is 4.00. The molecule has 1 aliphatic carbocycles. The van der Waals surface area contributed by atoms with Gasteiger partial charge in [-0.3, -0.25) is 0 Å². The number of methoxy groups -OCH3 is 1. The number of rotatable bonds is 4. The minimum absolute atomic E-state index is 0.478. The standard InChI is InChI=1S/C12H24N2O/c1-15-10-4-8-14-9-7-13-12(11-14)5-2-3-6-12/h13H,2-11H2,1H3. The van der Waals surface area contributed by atoms with Gasteiger partial charge in [0.2, 0.25) is 0 Å². The van der Waals surface area contributed by atoms with E-state index in [1.54, 1.807) is 7.11 Å². The lowest BCUT2D eigenvalue weighted by Gasteiger charge is -2.41. The van der Waals surface area contributed by atoms with E-state index >= 15 is 0 Å². The fourth-order valence-corrected chi connectivity index (χ4v) is 3.05. The molecule has 2 rings (SSSR count). The van der Waals surface area contributed by atoms with Crippen LogP contribution >= 0.6 is 0 Å². The molecule has 88 valence electrons. The van der Waals surface area contributed by atoms with Gasteiger partial charge in [-0.1, -0.05) is 12.8 Å². The first-order valence-corrected chi connectivity index (χ1v) is 6.31. The fourth-order valence-electron chi connectivity index (χ4n) is 3.05. The number of piperazine rings is 1. The predicted molar refractivity (Wildman–Crippen MR) is 62.1 cm³/mol. The number of hydrogen-bond acceptors (Lipinski definition) is 3. The zero-order valence-electron chi connectivity index (χ0n) is 9.93. The largest absolute Gasteiger partial charge is 0.385 e. The molecule has 1 N–H and O–H groups in total. The molecule has 0 aromatic carbocycles. The molecule has 1 aliphatic heterocycles. The van der Waals surface area contributed by atoms with Gasteiger partial charge in [-0.25, -0.2) is 0 Å². The summed E-state index contributed by atoms with van der Waals surface area (Å²) in [5.41, 5.74) is 0.478. The lowest BCUT2D eigenvalue weighted by atomic mass is 9.94. The second-order valence-corrected chi connectivity index (χ2v) is 5.04. The molecule has 0 amide bonds. The van der Waals surface area contributed by atoms with E-state index in [1.807, 2.05) is 0 Å². The molecular formula is C12H24N2O. The number of nitrogens with one attached hydrogen (secondary N) is 1. The highest BCUT2D eigenvalue weighted by Gasteiger charge is 2.37. The van der Waals surface area contributed by atoms with Crippen LogP contribution in [0.15, 0.2) is 0 Å². The van der Waals surface area contributed by atoms with Crippen LogP contribution in [0.3, 0.4) is 0 Å². The van der Waals surface area contributed by atoms with Crippen molar-refractivity contribution in [2.75, 3.05) is 39.9 Å². The molecule has 1 spiro atoms. The highest BCUT2D eigenvalue weighted by molar-refractivity contribution is 4.97. The Hall–Kier alpha value is -0.120. The molecule has 1 heterocycles. The van der Waals surface area contributed by atoms with Crippen molar-refractivity contribution in [3.63, 3.8) is 0 Å². The maximum Gasteiger partial charge on any atom is 0.0474 e. The Balaban J connectivity index is 1.76. The minimum atomic E-state index is 0.478. The minimum Gasteiger partial charge on any atom is -0.385 e. The molecule has 15 heavy (non-hydrogen) atoms. The van der Waals surface area contributed by atoms with E-state index in [0.29, 0.717) is 5.54 Å². The highest BCUT2D eigenvalue weighted by Crippen LogP contribution is 2.31. The highest BCUT2D eigenvalue weighted by atomic mass is 16.5. The Morgan fingerprint density at radius 1 is 1.33 bits per heavy atom. The van der Waals surface area contributed by atoms with Gasteiger partial charge in [0, 0.05) is 45.4 Å². The monoisotopic (exact) mass is 212 g/mol. The zero-order valence-corrected chi connectivity index (χ0v) is 9.93. The van der Waals surface area contributed by atoms with Gasteiger partial charge in [0.15, 0.2) is 0 Å². The lowest BCUT2D eigenvalue weighted by Crippen LogP contribution is -2.59.